The third kappa shape index (κ3) is 3.74. The number of hydrogen-bond acceptors (Lipinski definition) is 3. The summed E-state index contributed by atoms with van der Waals surface area (Å²) in [4.78, 5) is 13.3. The Kier molecular flexibility index (Phi) is 4.18. The fourth-order valence-electron chi connectivity index (χ4n) is 1.83. The molecule has 0 aromatic rings. The van der Waals surface area contributed by atoms with Crippen LogP contribution in [0.1, 0.15) is 25.7 Å². The van der Waals surface area contributed by atoms with E-state index >= 15 is 0 Å². The molecule has 1 aliphatic rings. The van der Waals surface area contributed by atoms with Crippen LogP contribution in [0.15, 0.2) is 0 Å². The predicted octanol–water partition coefficient (Wildman–Crippen LogP) is 0.0983. The van der Waals surface area contributed by atoms with Crippen LogP contribution in [0.3, 0.4) is 0 Å². The highest BCUT2D eigenvalue weighted by Crippen LogP contribution is 2.19. The van der Waals surface area contributed by atoms with Crippen molar-refractivity contribution in [2.45, 2.75) is 25.7 Å². The molecule has 0 saturated carbocycles. The second-order valence-corrected chi connectivity index (χ2v) is 3.87. The molecule has 1 saturated heterocycles. The number of nitrogens with zero attached hydrogens (tertiary/aromatic N) is 1. The molecule has 1 amide bonds. The molecule has 1 unspecified atom stereocenters. The van der Waals surface area contributed by atoms with Gasteiger partial charge in [-0.2, -0.15) is 0 Å². The van der Waals surface area contributed by atoms with Crippen LogP contribution in [0.5, 0.6) is 0 Å². The molecule has 3 N–H and O–H groups in total. The molecule has 0 radical (unpaired) electrons. The minimum atomic E-state index is -0.0328. The van der Waals surface area contributed by atoms with Crippen molar-refractivity contribution >= 4 is 5.91 Å². The van der Waals surface area contributed by atoms with Gasteiger partial charge in [-0.3, -0.25) is 10.2 Å². The van der Waals surface area contributed by atoms with Crippen molar-refractivity contribution in [2.24, 2.45) is 11.8 Å². The van der Waals surface area contributed by atoms with E-state index in [0.717, 1.165) is 25.9 Å². The van der Waals surface area contributed by atoms with Crippen LogP contribution in [0.4, 0.5) is 0 Å². The molecule has 13 heavy (non-hydrogen) atoms. The van der Waals surface area contributed by atoms with E-state index in [0.29, 0.717) is 12.3 Å². The van der Waals surface area contributed by atoms with Gasteiger partial charge in [-0.15, -0.1) is 0 Å². The molecule has 76 valence electrons. The zero-order chi connectivity index (χ0) is 9.68. The Morgan fingerprint density at radius 2 is 2.31 bits per heavy atom. The number of amides is 1. The average Bonchev–Trinajstić information content (AvgIpc) is 2.31. The largest absolute Gasteiger partial charge is 0.306 e. The Morgan fingerprint density at radius 3 is 3.00 bits per heavy atom. The first-order chi connectivity index (χ1) is 6.22. The number of nitrogens with one attached hydrogen (secondary N) is 1. The quantitative estimate of drug-likeness (QED) is 0.364. The number of rotatable bonds is 2. The topological polar surface area (TPSA) is 58.4 Å². The van der Waals surface area contributed by atoms with Crippen LogP contribution in [-0.4, -0.2) is 30.9 Å². The number of likely N-dealkylation sites (tertiary alicyclic amines) is 1. The summed E-state index contributed by atoms with van der Waals surface area (Å²) in [6.07, 6.45) is 4.05. The maximum absolute atomic E-state index is 11.0. The van der Waals surface area contributed by atoms with Crippen molar-refractivity contribution in [2.75, 3.05) is 20.1 Å². The second-order valence-electron chi connectivity index (χ2n) is 3.87. The second kappa shape index (κ2) is 5.19. The van der Waals surface area contributed by atoms with Gasteiger partial charge in [-0.25, -0.2) is 5.84 Å². The Labute approximate surface area is 79.4 Å². The van der Waals surface area contributed by atoms with Gasteiger partial charge in [0.25, 0.3) is 0 Å². The van der Waals surface area contributed by atoms with Gasteiger partial charge < -0.3 is 4.90 Å². The molecule has 1 atom stereocenters. The molecule has 4 nitrogen and oxygen atoms in total. The van der Waals surface area contributed by atoms with Crippen molar-refractivity contribution in [3.8, 4) is 0 Å². The van der Waals surface area contributed by atoms with Gasteiger partial charge in [0.15, 0.2) is 0 Å². The fourth-order valence-corrected chi connectivity index (χ4v) is 1.83. The SMILES string of the molecule is CN1CCCC(CC(=O)NN)CC1. The predicted molar refractivity (Wildman–Crippen MR) is 51.8 cm³/mol. The van der Waals surface area contributed by atoms with E-state index < -0.39 is 0 Å². The standard InChI is InChI=1S/C9H19N3O/c1-12-5-2-3-8(4-6-12)7-9(13)11-10/h8H,2-7,10H2,1H3,(H,11,13). The monoisotopic (exact) mass is 185 g/mol. The smallest absolute Gasteiger partial charge is 0.234 e. The van der Waals surface area contributed by atoms with Crippen LogP contribution in [0, 0.1) is 5.92 Å². The molecule has 0 spiro atoms. The lowest BCUT2D eigenvalue weighted by atomic mass is 9.97. The van der Waals surface area contributed by atoms with Gasteiger partial charge in [0.1, 0.15) is 0 Å². The summed E-state index contributed by atoms with van der Waals surface area (Å²) in [6.45, 7) is 2.25. The van der Waals surface area contributed by atoms with Crippen LogP contribution < -0.4 is 11.3 Å². The van der Waals surface area contributed by atoms with E-state index in [-0.39, 0.29) is 5.91 Å². The highest BCUT2D eigenvalue weighted by atomic mass is 16.2. The summed E-state index contributed by atoms with van der Waals surface area (Å²) >= 11 is 0. The Bertz CT molecular complexity index is 172. The highest BCUT2D eigenvalue weighted by molar-refractivity contribution is 5.75. The summed E-state index contributed by atoms with van der Waals surface area (Å²) in [5, 5.41) is 0. The molecule has 1 fully saturated rings. The maximum Gasteiger partial charge on any atom is 0.234 e. The number of hydrazine groups is 1. The summed E-state index contributed by atoms with van der Waals surface area (Å²) in [7, 11) is 2.13. The molecule has 1 heterocycles. The summed E-state index contributed by atoms with van der Waals surface area (Å²) in [5.41, 5.74) is 2.19. The lowest BCUT2D eigenvalue weighted by molar-refractivity contribution is -0.122. The molecule has 0 aliphatic carbocycles. The lowest BCUT2D eigenvalue weighted by Crippen LogP contribution is -2.31. The highest BCUT2D eigenvalue weighted by Gasteiger charge is 2.17. The molecular weight excluding hydrogens is 166 g/mol. The van der Waals surface area contributed by atoms with Crippen LogP contribution in [-0.2, 0) is 4.79 Å². The van der Waals surface area contributed by atoms with E-state index in [9.17, 15) is 4.79 Å². The van der Waals surface area contributed by atoms with E-state index in [1.807, 2.05) is 0 Å². The van der Waals surface area contributed by atoms with Crippen molar-refractivity contribution in [3.05, 3.63) is 0 Å². The van der Waals surface area contributed by atoms with Gasteiger partial charge in [0.05, 0.1) is 0 Å². The zero-order valence-corrected chi connectivity index (χ0v) is 8.25. The van der Waals surface area contributed by atoms with Gasteiger partial charge in [0, 0.05) is 6.42 Å². The molecule has 0 aromatic heterocycles. The van der Waals surface area contributed by atoms with Crippen molar-refractivity contribution < 1.29 is 4.79 Å². The summed E-state index contributed by atoms with van der Waals surface area (Å²) in [5.74, 6) is 5.53. The number of carbonyl (C=O) groups excluding carboxylic acids is 1. The van der Waals surface area contributed by atoms with E-state index in [1.54, 1.807) is 0 Å². The summed E-state index contributed by atoms with van der Waals surface area (Å²) < 4.78 is 0. The van der Waals surface area contributed by atoms with Gasteiger partial charge in [-0.05, 0) is 45.3 Å². The zero-order valence-electron chi connectivity index (χ0n) is 8.25. The van der Waals surface area contributed by atoms with Crippen molar-refractivity contribution in [3.63, 3.8) is 0 Å². The first-order valence-electron chi connectivity index (χ1n) is 4.90. The number of hydrogen-bond donors (Lipinski definition) is 2. The number of nitrogens with two attached hydrogens (primary N) is 1. The third-order valence-electron chi connectivity index (χ3n) is 2.71. The molecule has 0 aromatic carbocycles. The van der Waals surface area contributed by atoms with Gasteiger partial charge in [0.2, 0.25) is 5.91 Å². The van der Waals surface area contributed by atoms with E-state index in [1.165, 1.54) is 6.42 Å². The third-order valence-corrected chi connectivity index (χ3v) is 2.71. The molecular formula is C9H19N3O. The van der Waals surface area contributed by atoms with Crippen molar-refractivity contribution in [1.29, 1.82) is 0 Å². The van der Waals surface area contributed by atoms with E-state index in [2.05, 4.69) is 17.4 Å². The first-order valence-corrected chi connectivity index (χ1v) is 4.90. The minimum Gasteiger partial charge on any atom is -0.306 e. The Balaban J connectivity index is 2.29. The van der Waals surface area contributed by atoms with Crippen LogP contribution in [0.2, 0.25) is 0 Å². The van der Waals surface area contributed by atoms with Crippen LogP contribution in [0.25, 0.3) is 0 Å². The Hall–Kier alpha value is -0.610. The normalized spacial score (nSPS) is 25.2. The number of carbonyl (C=O) groups is 1. The maximum atomic E-state index is 11.0. The van der Waals surface area contributed by atoms with Crippen LogP contribution >= 0.6 is 0 Å². The molecule has 0 bridgehead atoms. The Morgan fingerprint density at radius 1 is 1.54 bits per heavy atom. The summed E-state index contributed by atoms with van der Waals surface area (Å²) in [6, 6.07) is 0. The van der Waals surface area contributed by atoms with Gasteiger partial charge >= 0.3 is 0 Å². The molecule has 4 heteroatoms. The van der Waals surface area contributed by atoms with E-state index in [4.69, 9.17) is 5.84 Å². The average molecular weight is 185 g/mol. The van der Waals surface area contributed by atoms with Gasteiger partial charge in [-0.1, -0.05) is 0 Å². The molecule has 1 aliphatic heterocycles. The molecule has 1 rings (SSSR count). The lowest BCUT2D eigenvalue weighted by Gasteiger charge is -2.13. The fraction of sp³-hybridized carbons (Fsp3) is 0.889. The minimum absolute atomic E-state index is 0.0328. The van der Waals surface area contributed by atoms with Crippen molar-refractivity contribution in [1.82, 2.24) is 10.3 Å². The first kappa shape index (κ1) is 10.5.